The van der Waals surface area contributed by atoms with Crippen LogP contribution in [0.1, 0.15) is 17.3 Å². The summed E-state index contributed by atoms with van der Waals surface area (Å²) in [7, 11) is 1.49. The number of rotatable bonds is 6. The number of ether oxygens (including phenoxy) is 3. The Balaban J connectivity index is 1.84. The molecule has 0 aromatic heterocycles. The van der Waals surface area contributed by atoms with Gasteiger partial charge in [0.2, 0.25) is 0 Å². The molecule has 0 N–H and O–H groups in total. The van der Waals surface area contributed by atoms with E-state index >= 15 is 0 Å². The molecule has 1 aliphatic rings. The number of ketones is 1. The quantitative estimate of drug-likeness (QED) is 0.603. The highest BCUT2D eigenvalue weighted by molar-refractivity contribution is 6.53. The van der Waals surface area contributed by atoms with Gasteiger partial charge in [0.15, 0.2) is 0 Å². The van der Waals surface area contributed by atoms with Crippen LogP contribution in [-0.2, 0) is 14.3 Å². The number of methoxy groups -OCH3 is 1. The van der Waals surface area contributed by atoms with Gasteiger partial charge in [0.05, 0.1) is 17.9 Å². The Morgan fingerprint density at radius 1 is 1.04 bits per heavy atom. The van der Waals surface area contributed by atoms with Crippen LogP contribution in [0.25, 0.3) is 0 Å². The number of benzene rings is 2. The third-order valence-corrected chi connectivity index (χ3v) is 3.61. The molecule has 1 unspecified atom stereocenters. The number of nitrogens with zero attached hydrogens (tertiary/aromatic N) is 1. The number of anilines is 2. The van der Waals surface area contributed by atoms with E-state index in [0.717, 1.165) is 0 Å². The van der Waals surface area contributed by atoms with Gasteiger partial charge in [-0.25, -0.2) is 0 Å². The van der Waals surface area contributed by atoms with E-state index in [1.54, 1.807) is 48.5 Å². The Bertz CT molecular complexity index is 756. The summed E-state index contributed by atoms with van der Waals surface area (Å²) >= 11 is 0. The molecular formula is C18H17NO5. The lowest BCUT2D eigenvalue weighted by molar-refractivity contribution is -0.231. The normalized spacial score (nSPS) is 14.7. The lowest BCUT2D eigenvalue weighted by Crippen LogP contribution is -2.25. The van der Waals surface area contributed by atoms with Gasteiger partial charge >= 0.3 is 12.4 Å². The SMILES string of the molecule is CCOC(OC)Oc1ccc(N2C(=O)C(=O)c3ccccc32)cc1. The zero-order valence-corrected chi connectivity index (χ0v) is 13.4. The van der Waals surface area contributed by atoms with Gasteiger partial charge in [-0.05, 0) is 43.3 Å². The minimum absolute atomic E-state index is 0.415. The minimum atomic E-state index is -0.795. The molecule has 6 nitrogen and oxygen atoms in total. The lowest BCUT2D eigenvalue weighted by atomic mass is 10.1. The van der Waals surface area contributed by atoms with Gasteiger partial charge < -0.3 is 14.2 Å². The molecule has 0 radical (unpaired) electrons. The maximum atomic E-state index is 12.3. The van der Waals surface area contributed by atoms with E-state index in [4.69, 9.17) is 14.2 Å². The molecule has 6 heteroatoms. The highest BCUT2D eigenvalue weighted by Crippen LogP contribution is 2.35. The van der Waals surface area contributed by atoms with Crippen LogP contribution in [0, 0.1) is 0 Å². The average Bonchev–Trinajstić information content (AvgIpc) is 2.87. The van der Waals surface area contributed by atoms with Gasteiger partial charge in [0.25, 0.3) is 5.78 Å². The van der Waals surface area contributed by atoms with Crippen molar-refractivity contribution < 1.29 is 23.8 Å². The molecule has 0 spiro atoms. The van der Waals surface area contributed by atoms with Crippen molar-refractivity contribution in [3.63, 3.8) is 0 Å². The number of hydrogen-bond donors (Lipinski definition) is 0. The molecule has 0 fully saturated rings. The first-order valence-corrected chi connectivity index (χ1v) is 7.54. The topological polar surface area (TPSA) is 65.1 Å². The van der Waals surface area contributed by atoms with Crippen LogP contribution in [0.3, 0.4) is 0 Å². The Labute approximate surface area is 139 Å². The van der Waals surface area contributed by atoms with Crippen LogP contribution in [0.15, 0.2) is 48.5 Å². The third kappa shape index (κ3) is 2.89. The molecule has 2 aromatic carbocycles. The number of para-hydroxylation sites is 1. The Morgan fingerprint density at radius 3 is 2.42 bits per heavy atom. The zero-order chi connectivity index (χ0) is 17.1. The maximum Gasteiger partial charge on any atom is 0.315 e. The van der Waals surface area contributed by atoms with E-state index in [2.05, 4.69) is 0 Å². The van der Waals surface area contributed by atoms with Crippen molar-refractivity contribution in [2.45, 2.75) is 13.4 Å². The van der Waals surface area contributed by atoms with Gasteiger partial charge in [0, 0.05) is 12.8 Å². The maximum absolute atomic E-state index is 12.3. The molecule has 1 heterocycles. The summed E-state index contributed by atoms with van der Waals surface area (Å²) in [6.45, 7) is 1.50. The van der Waals surface area contributed by atoms with Crippen molar-refractivity contribution in [3.8, 4) is 5.75 Å². The van der Waals surface area contributed by atoms with E-state index in [9.17, 15) is 9.59 Å². The van der Waals surface area contributed by atoms with E-state index in [0.29, 0.717) is 29.3 Å². The summed E-state index contributed by atoms with van der Waals surface area (Å²) in [6, 6.07) is 13.7. The summed E-state index contributed by atoms with van der Waals surface area (Å²) in [5.74, 6) is -0.527. The molecule has 124 valence electrons. The van der Waals surface area contributed by atoms with Crippen LogP contribution < -0.4 is 9.64 Å². The van der Waals surface area contributed by atoms with Crippen LogP contribution >= 0.6 is 0 Å². The fraction of sp³-hybridized carbons (Fsp3) is 0.222. The highest BCUT2D eigenvalue weighted by atomic mass is 16.8. The molecule has 0 bridgehead atoms. The zero-order valence-electron chi connectivity index (χ0n) is 13.4. The average molecular weight is 327 g/mol. The Morgan fingerprint density at radius 2 is 1.75 bits per heavy atom. The summed E-state index contributed by atoms with van der Waals surface area (Å²) < 4.78 is 15.8. The van der Waals surface area contributed by atoms with E-state index in [1.165, 1.54) is 12.0 Å². The van der Waals surface area contributed by atoms with Gasteiger partial charge in [0.1, 0.15) is 5.75 Å². The van der Waals surface area contributed by atoms with Crippen LogP contribution in [0.5, 0.6) is 5.75 Å². The number of carbonyl (C=O) groups excluding carboxylic acids is 2. The molecule has 1 atom stereocenters. The number of carbonyl (C=O) groups is 2. The van der Waals surface area contributed by atoms with Gasteiger partial charge in [-0.3, -0.25) is 14.5 Å². The molecule has 1 amide bonds. The molecule has 1 aliphatic heterocycles. The largest absolute Gasteiger partial charge is 0.441 e. The van der Waals surface area contributed by atoms with Crippen molar-refractivity contribution >= 4 is 23.1 Å². The summed E-state index contributed by atoms with van der Waals surface area (Å²) in [4.78, 5) is 25.7. The first kappa shape index (κ1) is 16.2. The van der Waals surface area contributed by atoms with E-state index in [-0.39, 0.29) is 0 Å². The smallest absolute Gasteiger partial charge is 0.315 e. The monoisotopic (exact) mass is 327 g/mol. The second-order valence-corrected chi connectivity index (χ2v) is 5.08. The van der Waals surface area contributed by atoms with Crippen molar-refractivity contribution in [1.82, 2.24) is 0 Å². The molecule has 0 saturated carbocycles. The van der Waals surface area contributed by atoms with Crippen LogP contribution in [0.2, 0.25) is 0 Å². The summed E-state index contributed by atoms with van der Waals surface area (Å²) in [6.07, 6.45) is 0. The number of hydrogen-bond acceptors (Lipinski definition) is 5. The lowest BCUT2D eigenvalue weighted by Gasteiger charge is -2.19. The molecular weight excluding hydrogens is 310 g/mol. The van der Waals surface area contributed by atoms with Crippen LogP contribution in [0.4, 0.5) is 11.4 Å². The standard InChI is InChI=1S/C18H17NO5/c1-3-23-18(22-2)24-13-10-8-12(9-11-13)19-15-7-5-4-6-14(15)16(20)17(19)21/h4-11,18H,3H2,1-2H3. The fourth-order valence-electron chi connectivity index (χ4n) is 2.51. The van der Waals surface area contributed by atoms with Crippen molar-refractivity contribution in [2.24, 2.45) is 0 Å². The Kier molecular flexibility index (Phi) is 4.59. The van der Waals surface area contributed by atoms with Crippen molar-refractivity contribution in [3.05, 3.63) is 54.1 Å². The number of fused-ring (bicyclic) bond motifs is 1. The van der Waals surface area contributed by atoms with Crippen molar-refractivity contribution in [1.29, 1.82) is 0 Å². The molecule has 2 aromatic rings. The van der Waals surface area contributed by atoms with Gasteiger partial charge in [-0.15, -0.1) is 0 Å². The minimum Gasteiger partial charge on any atom is -0.441 e. The molecule has 0 saturated heterocycles. The first-order chi connectivity index (χ1) is 11.7. The molecule has 3 rings (SSSR count). The second kappa shape index (κ2) is 6.82. The van der Waals surface area contributed by atoms with Crippen LogP contribution in [-0.4, -0.2) is 31.9 Å². The summed E-state index contributed by atoms with van der Waals surface area (Å²) in [5.41, 5.74) is 1.60. The molecule has 24 heavy (non-hydrogen) atoms. The number of amides is 1. The Hall–Kier alpha value is -2.70. The first-order valence-electron chi connectivity index (χ1n) is 7.54. The third-order valence-electron chi connectivity index (χ3n) is 3.61. The summed E-state index contributed by atoms with van der Waals surface area (Å²) in [5, 5.41) is 0. The second-order valence-electron chi connectivity index (χ2n) is 5.08. The predicted molar refractivity (Wildman–Crippen MR) is 87.4 cm³/mol. The highest BCUT2D eigenvalue weighted by Gasteiger charge is 2.36. The predicted octanol–water partition coefficient (Wildman–Crippen LogP) is 2.89. The van der Waals surface area contributed by atoms with Gasteiger partial charge in [-0.2, -0.15) is 0 Å². The number of Topliss-reactive ketones (excluding diaryl/α,β-unsaturated/α-hetero) is 1. The molecule has 0 aliphatic carbocycles. The van der Waals surface area contributed by atoms with E-state index in [1.807, 2.05) is 6.92 Å². The fourth-order valence-corrected chi connectivity index (χ4v) is 2.51. The van der Waals surface area contributed by atoms with Crippen molar-refractivity contribution in [2.75, 3.05) is 18.6 Å². The van der Waals surface area contributed by atoms with E-state index < -0.39 is 18.2 Å². The van der Waals surface area contributed by atoms with Gasteiger partial charge in [-0.1, -0.05) is 12.1 Å².